The van der Waals surface area contributed by atoms with Gasteiger partial charge >= 0.3 is 0 Å². The van der Waals surface area contributed by atoms with Crippen LogP contribution in [0.3, 0.4) is 0 Å². The number of nitrogens with zero attached hydrogens (tertiary/aromatic N) is 1. The standard InChI is InChI=1S/C15H14N2O2/c1-18-12-8-6-11(7-9-12)10-16-15-17-13-4-2-3-5-14(13)19-15/h2-9H,10H2,1H3,(H,16,17). The fourth-order valence-electron chi connectivity index (χ4n) is 1.87. The molecular formula is C15H14N2O2. The number of rotatable bonds is 4. The normalized spacial score (nSPS) is 10.6. The molecule has 4 nitrogen and oxygen atoms in total. The first-order valence-electron chi connectivity index (χ1n) is 6.07. The molecule has 1 N–H and O–H groups in total. The van der Waals surface area contributed by atoms with Gasteiger partial charge in [-0.05, 0) is 29.8 Å². The summed E-state index contributed by atoms with van der Waals surface area (Å²) in [6, 6.07) is 16.1. The van der Waals surface area contributed by atoms with E-state index in [0.717, 1.165) is 22.4 Å². The monoisotopic (exact) mass is 254 g/mol. The van der Waals surface area contributed by atoms with E-state index in [4.69, 9.17) is 9.15 Å². The van der Waals surface area contributed by atoms with Gasteiger partial charge in [0.15, 0.2) is 5.58 Å². The van der Waals surface area contributed by atoms with Crippen molar-refractivity contribution in [3.63, 3.8) is 0 Å². The summed E-state index contributed by atoms with van der Waals surface area (Å²) in [4.78, 5) is 4.36. The van der Waals surface area contributed by atoms with Crippen molar-refractivity contribution in [1.82, 2.24) is 4.98 Å². The number of para-hydroxylation sites is 2. The minimum atomic E-state index is 0.539. The van der Waals surface area contributed by atoms with Crippen LogP contribution in [-0.4, -0.2) is 12.1 Å². The molecule has 0 saturated carbocycles. The van der Waals surface area contributed by atoms with Crippen LogP contribution in [0.1, 0.15) is 5.56 Å². The van der Waals surface area contributed by atoms with Crippen LogP contribution in [0, 0.1) is 0 Å². The Hall–Kier alpha value is -2.49. The molecule has 2 aromatic carbocycles. The molecule has 3 rings (SSSR count). The van der Waals surface area contributed by atoms with Gasteiger partial charge in [-0.2, -0.15) is 4.98 Å². The minimum Gasteiger partial charge on any atom is -0.497 e. The molecule has 96 valence electrons. The SMILES string of the molecule is COc1ccc(CNc2nc3ccccc3o2)cc1. The third kappa shape index (κ3) is 2.52. The van der Waals surface area contributed by atoms with Crippen LogP contribution < -0.4 is 10.1 Å². The number of hydrogen-bond acceptors (Lipinski definition) is 4. The number of methoxy groups -OCH3 is 1. The van der Waals surface area contributed by atoms with E-state index in [-0.39, 0.29) is 0 Å². The van der Waals surface area contributed by atoms with E-state index >= 15 is 0 Å². The van der Waals surface area contributed by atoms with Crippen LogP contribution in [0.15, 0.2) is 52.9 Å². The van der Waals surface area contributed by atoms with E-state index in [1.165, 1.54) is 0 Å². The molecule has 0 spiro atoms. The third-order valence-corrected chi connectivity index (χ3v) is 2.90. The molecule has 1 aromatic heterocycles. The lowest BCUT2D eigenvalue weighted by atomic mass is 10.2. The van der Waals surface area contributed by atoms with Crippen LogP contribution in [0.2, 0.25) is 0 Å². The van der Waals surface area contributed by atoms with Crippen molar-refractivity contribution in [2.24, 2.45) is 0 Å². The maximum absolute atomic E-state index is 5.59. The summed E-state index contributed by atoms with van der Waals surface area (Å²) in [7, 11) is 1.66. The van der Waals surface area contributed by atoms with Gasteiger partial charge in [0, 0.05) is 6.54 Å². The molecule has 0 saturated heterocycles. The number of aromatic nitrogens is 1. The largest absolute Gasteiger partial charge is 0.497 e. The van der Waals surface area contributed by atoms with Gasteiger partial charge in [-0.25, -0.2) is 0 Å². The molecule has 1 heterocycles. The lowest BCUT2D eigenvalue weighted by Gasteiger charge is -2.03. The average molecular weight is 254 g/mol. The van der Waals surface area contributed by atoms with Gasteiger partial charge in [0.25, 0.3) is 6.01 Å². The summed E-state index contributed by atoms with van der Waals surface area (Å²) in [6.45, 7) is 0.664. The Morgan fingerprint density at radius 1 is 1.11 bits per heavy atom. The third-order valence-electron chi connectivity index (χ3n) is 2.90. The van der Waals surface area contributed by atoms with Gasteiger partial charge in [0.05, 0.1) is 7.11 Å². The first-order valence-corrected chi connectivity index (χ1v) is 6.07. The summed E-state index contributed by atoms with van der Waals surface area (Å²) >= 11 is 0. The molecule has 4 heteroatoms. The Bertz CT molecular complexity index is 641. The summed E-state index contributed by atoms with van der Waals surface area (Å²) in [5.74, 6) is 0.852. The highest BCUT2D eigenvalue weighted by atomic mass is 16.5. The predicted octanol–water partition coefficient (Wildman–Crippen LogP) is 3.45. The van der Waals surface area contributed by atoms with Gasteiger partial charge in [-0.3, -0.25) is 0 Å². The quantitative estimate of drug-likeness (QED) is 0.774. The molecule has 0 atom stereocenters. The molecule has 0 radical (unpaired) electrons. The molecule has 0 aliphatic carbocycles. The van der Waals surface area contributed by atoms with Gasteiger partial charge in [0.2, 0.25) is 0 Å². The van der Waals surface area contributed by atoms with Crippen LogP contribution >= 0.6 is 0 Å². The van der Waals surface area contributed by atoms with Crippen molar-refractivity contribution in [3.05, 3.63) is 54.1 Å². The minimum absolute atomic E-state index is 0.539. The van der Waals surface area contributed by atoms with Crippen molar-refractivity contribution in [3.8, 4) is 5.75 Å². The van der Waals surface area contributed by atoms with Gasteiger partial charge in [-0.15, -0.1) is 0 Å². The first-order chi connectivity index (χ1) is 9.35. The second kappa shape index (κ2) is 5.02. The lowest BCUT2D eigenvalue weighted by Crippen LogP contribution is -1.99. The lowest BCUT2D eigenvalue weighted by molar-refractivity contribution is 0.414. The van der Waals surface area contributed by atoms with Gasteiger partial charge < -0.3 is 14.5 Å². The van der Waals surface area contributed by atoms with Crippen molar-refractivity contribution >= 4 is 17.1 Å². The molecule has 0 aliphatic rings. The van der Waals surface area contributed by atoms with Crippen molar-refractivity contribution < 1.29 is 9.15 Å². The molecular weight excluding hydrogens is 240 g/mol. The van der Waals surface area contributed by atoms with Gasteiger partial charge in [-0.1, -0.05) is 24.3 Å². The molecule has 0 unspecified atom stereocenters. The molecule has 0 bridgehead atoms. The smallest absolute Gasteiger partial charge is 0.295 e. The summed E-state index contributed by atoms with van der Waals surface area (Å²) in [6.07, 6.45) is 0. The van der Waals surface area contributed by atoms with Crippen LogP contribution in [0.5, 0.6) is 5.75 Å². The number of anilines is 1. The Kier molecular flexibility index (Phi) is 3.06. The fraction of sp³-hybridized carbons (Fsp3) is 0.133. The molecule has 3 aromatic rings. The second-order valence-corrected chi connectivity index (χ2v) is 4.19. The van der Waals surface area contributed by atoms with Crippen LogP contribution in [-0.2, 0) is 6.54 Å². The van der Waals surface area contributed by atoms with Crippen molar-refractivity contribution in [2.45, 2.75) is 6.54 Å². The summed E-state index contributed by atoms with van der Waals surface area (Å²) < 4.78 is 10.7. The number of nitrogens with one attached hydrogen (secondary N) is 1. The molecule has 0 amide bonds. The second-order valence-electron chi connectivity index (χ2n) is 4.19. The Morgan fingerprint density at radius 2 is 1.89 bits per heavy atom. The number of oxazole rings is 1. The van der Waals surface area contributed by atoms with E-state index in [0.29, 0.717) is 12.6 Å². The maximum atomic E-state index is 5.59. The maximum Gasteiger partial charge on any atom is 0.295 e. The summed E-state index contributed by atoms with van der Waals surface area (Å²) in [5, 5.41) is 3.17. The number of hydrogen-bond donors (Lipinski definition) is 1. The Balaban J connectivity index is 1.70. The Morgan fingerprint density at radius 3 is 2.63 bits per heavy atom. The van der Waals surface area contributed by atoms with Crippen molar-refractivity contribution in [2.75, 3.05) is 12.4 Å². The zero-order valence-corrected chi connectivity index (χ0v) is 10.6. The Labute approximate surface area is 111 Å². The topological polar surface area (TPSA) is 47.3 Å². The van der Waals surface area contributed by atoms with E-state index in [1.807, 2.05) is 48.5 Å². The predicted molar refractivity (Wildman–Crippen MR) is 74.3 cm³/mol. The zero-order chi connectivity index (χ0) is 13.1. The highest BCUT2D eigenvalue weighted by Crippen LogP contribution is 2.19. The highest BCUT2D eigenvalue weighted by Gasteiger charge is 2.04. The number of benzene rings is 2. The van der Waals surface area contributed by atoms with E-state index < -0.39 is 0 Å². The first kappa shape index (κ1) is 11.6. The molecule has 0 fully saturated rings. The van der Waals surface area contributed by atoms with E-state index in [1.54, 1.807) is 7.11 Å². The number of fused-ring (bicyclic) bond motifs is 1. The van der Waals surface area contributed by atoms with Crippen LogP contribution in [0.4, 0.5) is 6.01 Å². The zero-order valence-electron chi connectivity index (χ0n) is 10.6. The van der Waals surface area contributed by atoms with Crippen LogP contribution in [0.25, 0.3) is 11.1 Å². The molecule has 19 heavy (non-hydrogen) atoms. The van der Waals surface area contributed by atoms with E-state index in [2.05, 4.69) is 10.3 Å². The van der Waals surface area contributed by atoms with Gasteiger partial charge in [0.1, 0.15) is 11.3 Å². The molecule has 0 aliphatic heterocycles. The fourth-order valence-corrected chi connectivity index (χ4v) is 1.87. The number of ether oxygens (including phenoxy) is 1. The highest BCUT2D eigenvalue weighted by molar-refractivity contribution is 5.74. The van der Waals surface area contributed by atoms with Crippen molar-refractivity contribution in [1.29, 1.82) is 0 Å². The average Bonchev–Trinajstić information content (AvgIpc) is 2.88. The summed E-state index contributed by atoms with van der Waals surface area (Å²) in [5.41, 5.74) is 2.79. The van der Waals surface area contributed by atoms with E-state index in [9.17, 15) is 0 Å².